The molecule has 1 saturated heterocycles. The number of halogens is 3. The summed E-state index contributed by atoms with van der Waals surface area (Å²) in [5.41, 5.74) is -0.620. The van der Waals surface area contributed by atoms with E-state index in [-0.39, 0.29) is 13.0 Å². The average molecular weight is 283 g/mol. The fourth-order valence-electron chi connectivity index (χ4n) is 2.00. The third-order valence-corrected chi connectivity index (χ3v) is 2.57. The van der Waals surface area contributed by atoms with Crippen LogP contribution in [-0.4, -0.2) is 52.4 Å². The van der Waals surface area contributed by atoms with Crippen molar-refractivity contribution in [1.82, 2.24) is 4.90 Å². The lowest BCUT2D eigenvalue weighted by Gasteiger charge is -2.25. The van der Waals surface area contributed by atoms with Crippen LogP contribution in [0.2, 0.25) is 0 Å². The van der Waals surface area contributed by atoms with Gasteiger partial charge < -0.3 is 14.7 Å². The molecule has 0 unspecified atom stereocenters. The van der Waals surface area contributed by atoms with Crippen LogP contribution in [0.3, 0.4) is 0 Å². The van der Waals surface area contributed by atoms with E-state index in [0.717, 1.165) is 0 Å². The van der Waals surface area contributed by atoms with E-state index >= 15 is 0 Å². The lowest BCUT2D eigenvalue weighted by Crippen LogP contribution is -2.47. The van der Waals surface area contributed by atoms with E-state index < -0.39 is 35.8 Å². The highest BCUT2D eigenvalue weighted by Gasteiger charge is 2.50. The Hall–Kier alpha value is -1.31. The minimum absolute atomic E-state index is 0.144. The molecule has 1 fully saturated rings. The number of carboxylic acids is 1. The Kier molecular flexibility index (Phi) is 4.14. The van der Waals surface area contributed by atoms with Gasteiger partial charge in [-0.05, 0) is 20.8 Å². The molecule has 1 aliphatic heterocycles. The molecule has 110 valence electrons. The molecular formula is C11H16F3NO4. The first-order chi connectivity index (χ1) is 8.42. The lowest BCUT2D eigenvalue weighted by molar-refractivity contribution is -0.188. The molecule has 8 heteroatoms. The minimum atomic E-state index is -5.08. The van der Waals surface area contributed by atoms with Gasteiger partial charge in [0, 0.05) is 13.0 Å². The summed E-state index contributed by atoms with van der Waals surface area (Å²) >= 11 is 0. The first-order valence-electron chi connectivity index (χ1n) is 5.70. The standard InChI is InChI=1S/C11H16F3NO4/c1-10(2,3)19-6-4-7(8(16)17)15(5-6)9(18)11(12,13)14/h6-7H,4-5H2,1-3H3,(H,16,17)/t6-,7+/m1/s1. The van der Waals surface area contributed by atoms with Crippen LogP contribution >= 0.6 is 0 Å². The summed E-state index contributed by atoms with van der Waals surface area (Å²) in [6.07, 6.45) is -5.94. The molecule has 1 heterocycles. The van der Waals surface area contributed by atoms with Gasteiger partial charge >= 0.3 is 18.1 Å². The third-order valence-electron chi connectivity index (χ3n) is 2.57. The number of alkyl halides is 3. The van der Waals surface area contributed by atoms with Crippen molar-refractivity contribution in [2.24, 2.45) is 0 Å². The Labute approximate surface area is 108 Å². The topological polar surface area (TPSA) is 66.8 Å². The smallest absolute Gasteiger partial charge is 0.471 e. The molecule has 1 amide bonds. The molecule has 2 atom stereocenters. The second kappa shape index (κ2) is 4.99. The predicted octanol–water partition coefficient (Wildman–Crippen LogP) is 1.42. The van der Waals surface area contributed by atoms with Crippen LogP contribution in [0, 0.1) is 0 Å². The Balaban J connectivity index is 2.86. The SMILES string of the molecule is CC(C)(C)O[C@@H]1C[C@@H](C(=O)O)N(C(=O)C(F)(F)F)C1. The normalized spacial score (nSPS) is 24.6. The number of carboxylic acid groups (broad SMARTS) is 1. The largest absolute Gasteiger partial charge is 0.480 e. The fourth-order valence-corrected chi connectivity index (χ4v) is 2.00. The number of aliphatic carboxylic acids is 1. The molecule has 0 aromatic heterocycles. The summed E-state index contributed by atoms with van der Waals surface area (Å²) in [4.78, 5) is 22.4. The number of carbonyl (C=O) groups is 2. The highest BCUT2D eigenvalue weighted by atomic mass is 19.4. The van der Waals surface area contributed by atoms with Crippen molar-refractivity contribution >= 4 is 11.9 Å². The first kappa shape index (κ1) is 15.7. The number of likely N-dealkylation sites (tertiary alicyclic amines) is 1. The van der Waals surface area contributed by atoms with Crippen LogP contribution in [0.25, 0.3) is 0 Å². The van der Waals surface area contributed by atoms with E-state index in [2.05, 4.69) is 0 Å². The molecule has 0 aromatic carbocycles. The summed E-state index contributed by atoms with van der Waals surface area (Å²) in [6.45, 7) is 4.75. The summed E-state index contributed by atoms with van der Waals surface area (Å²) in [6, 6.07) is -1.50. The number of hydrogen-bond donors (Lipinski definition) is 1. The summed E-state index contributed by atoms with van der Waals surface area (Å²) < 4.78 is 42.6. The second-order valence-corrected chi connectivity index (χ2v) is 5.40. The van der Waals surface area contributed by atoms with Crippen molar-refractivity contribution in [3.05, 3.63) is 0 Å². The van der Waals surface area contributed by atoms with Gasteiger partial charge in [-0.15, -0.1) is 0 Å². The predicted molar refractivity (Wildman–Crippen MR) is 58.4 cm³/mol. The second-order valence-electron chi connectivity index (χ2n) is 5.40. The van der Waals surface area contributed by atoms with Crippen molar-refractivity contribution in [3.63, 3.8) is 0 Å². The van der Waals surface area contributed by atoms with Crippen molar-refractivity contribution in [2.75, 3.05) is 6.54 Å². The molecule has 1 N–H and O–H groups in total. The van der Waals surface area contributed by atoms with Gasteiger partial charge in [0.1, 0.15) is 6.04 Å². The van der Waals surface area contributed by atoms with E-state index in [0.29, 0.717) is 4.90 Å². The molecule has 0 aliphatic carbocycles. The zero-order valence-corrected chi connectivity index (χ0v) is 10.8. The molecule has 1 aliphatic rings. The Morgan fingerprint density at radius 1 is 1.26 bits per heavy atom. The lowest BCUT2D eigenvalue weighted by atomic mass is 10.1. The van der Waals surface area contributed by atoms with Crippen LogP contribution in [-0.2, 0) is 14.3 Å². The van der Waals surface area contributed by atoms with Gasteiger partial charge in [0.2, 0.25) is 0 Å². The number of nitrogens with zero attached hydrogens (tertiary/aromatic N) is 1. The van der Waals surface area contributed by atoms with Crippen LogP contribution in [0.15, 0.2) is 0 Å². The first-order valence-corrected chi connectivity index (χ1v) is 5.70. The van der Waals surface area contributed by atoms with Gasteiger partial charge in [-0.3, -0.25) is 4.79 Å². The molecule has 5 nitrogen and oxygen atoms in total. The Morgan fingerprint density at radius 3 is 2.16 bits per heavy atom. The number of carbonyl (C=O) groups excluding carboxylic acids is 1. The molecule has 0 aromatic rings. The third kappa shape index (κ3) is 4.09. The molecule has 19 heavy (non-hydrogen) atoms. The molecular weight excluding hydrogens is 267 g/mol. The van der Waals surface area contributed by atoms with Gasteiger partial charge in [-0.25, -0.2) is 4.79 Å². The van der Waals surface area contributed by atoms with E-state index in [1.54, 1.807) is 20.8 Å². The monoisotopic (exact) mass is 283 g/mol. The molecule has 0 radical (unpaired) electrons. The van der Waals surface area contributed by atoms with Gasteiger partial charge in [0.15, 0.2) is 0 Å². The van der Waals surface area contributed by atoms with Crippen LogP contribution in [0.4, 0.5) is 13.2 Å². The summed E-state index contributed by atoms with van der Waals surface area (Å²) in [5.74, 6) is -3.60. The number of ether oxygens (including phenoxy) is 1. The maximum Gasteiger partial charge on any atom is 0.471 e. The van der Waals surface area contributed by atoms with Gasteiger partial charge in [-0.1, -0.05) is 0 Å². The van der Waals surface area contributed by atoms with E-state index in [1.807, 2.05) is 0 Å². The highest BCUT2D eigenvalue weighted by molar-refractivity contribution is 5.87. The minimum Gasteiger partial charge on any atom is -0.480 e. The van der Waals surface area contributed by atoms with E-state index in [4.69, 9.17) is 9.84 Å². The van der Waals surface area contributed by atoms with Crippen molar-refractivity contribution in [3.8, 4) is 0 Å². The molecule has 0 spiro atoms. The van der Waals surface area contributed by atoms with E-state index in [1.165, 1.54) is 0 Å². The van der Waals surface area contributed by atoms with Gasteiger partial charge in [0.25, 0.3) is 0 Å². The van der Waals surface area contributed by atoms with Crippen LogP contribution < -0.4 is 0 Å². The van der Waals surface area contributed by atoms with E-state index in [9.17, 15) is 22.8 Å². The average Bonchev–Trinajstić information content (AvgIpc) is 2.56. The van der Waals surface area contributed by atoms with Gasteiger partial charge in [-0.2, -0.15) is 13.2 Å². The quantitative estimate of drug-likeness (QED) is 0.832. The zero-order chi connectivity index (χ0) is 15.0. The molecule has 0 bridgehead atoms. The van der Waals surface area contributed by atoms with Crippen molar-refractivity contribution < 1.29 is 32.6 Å². The zero-order valence-electron chi connectivity index (χ0n) is 10.8. The Morgan fingerprint density at radius 2 is 1.79 bits per heavy atom. The van der Waals surface area contributed by atoms with Crippen molar-refractivity contribution in [2.45, 2.75) is 51.1 Å². The van der Waals surface area contributed by atoms with Crippen molar-refractivity contribution in [1.29, 1.82) is 0 Å². The maximum atomic E-state index is 12.4. The summed E-state index contributed by atoms with van der Waals surface area (Å²) in [5, 5.41) is 8.90. The van der Waals surface area contributed by atoms with Gasteiger partial charge in [0.05, 0.1) is 11.7 Å². The summed E-state index contributed by atoms with van der Waals surface area (Å²) in [7, 11) is 0. The highest BCUT2D eigenvalue weighted by Crippen LogP contribution is 2.29. The number of rotatable bonds is 2. The molecule has 1 rings (SSSR count). The fraction of sp³-hybridized carbons (Fsp3) is 0.818. The maximum absolute atomic E-state index is 12.4. The Bertz CT molecular complexity index is 375. The molecule has 0 saturated carbocycles. The van der Waals surface area contributed by atoms with Crippen LogP contribution in [0.5, 0.6) is 0 Å². The number of hydrogen-bond acceptors (Lipinski definition) is 3. The van der Waals surface area contributed by atoms with Crippen LogP contribution in [0.1, 0.15) is 27.2 Å². The number of amides is 1.